The molecule has 1 unspecified atom stereocenters. The molecule has 0 radical (unpaired) electrons. The molecule has 27 heavy (non-hydrogen) atoms. The molecule has 2 heterocycles. The summed E-state index contributed by atoms with van der Waals surface area (Å²) in [5.41, 5.74) is 5.34. The highest BCUT2D eigenvalue weighted by Crippen LogP contribution is 2.43. The zero-order valence-electron chi connectivity index (χ0n) is 15.1. The number of hydrogen-bond donors (Lipinski definition) is 1. The largest absolute Gasteiger partial charge is 0.326 e. The van der Waals surface area contributed by atoms with Crippen molar-refractivity contribution in [1.29, 1.82) is 0 Å². The van der Waals surface area contributed by atoms with E-state index in [0.29, 0.717) is 22.3 Å². The van der Waals surface area contributed by atoms with Crippen LogP contribution in [0.15, 0.2) is 42.5 Å². The maximum Gasteiger partial charge on any atom is 0.273 e. The number of aromatic amines is 1. The van der Waals surface area contributed by atoms with Crippen molar-refractivity contribution in [2.75, 3.05) is 6.54 Å². The van der Waals surface area contributed by atoms with Gasteiger partial charge in [-0.25, -0.2) is 0 Å². The Balaban J connectivity index is 1.89. The molecule has 4 rings (SSSR count). The number of carbonyl (C=O) groups is 1. The van der Waals surface area contributed by atoms with Crippen LogP contribution in [0.2, 0.25) is 10.0 Å². The van der Waals surface area contributed by atoms with E-state index in [1.165, 1.54) is 5.56 Å². The van der Waals surface area contributed by atoms with Gasteiger partial charge in [0.15, 0.2) is 0 Å². The molecule has 1 amide bonds. The van der Waals surface area contributed by atoms with E-state index < -0.39 is 0 Å². The number of hydrogen-bond acceptors (Lipinski definition) is 2. The quantitative estimate of drug-likeness (QED) is 0.616. The van der Waals surface area contributed by atoms with Gasteiger partial charge in [-0.15, -0.1) is 0 Å². The van der Waals surface area contributed by atoms with Gasteiger partial charge in [-0.2, -0.15) is 5.10 Å². The summed E-state index contributed by atoms with van der Waals surface area (Å²) in [5.74, 6) is -0.0335. The van der Waals surface area contributed by atoms with Crippen LogP contribution in [0.3, 0.4) is 0 Å². The SMILES string of the molecule is CCCN1C(=O)c2[nH]nc(-c3ccc(C)cc3)c2C1c1ccc(Cl)c(Cl)c1. The van der Waals surface area contributed by atoms with Gasteiger partial charge < -0.3 is 4.90 Å². The van der Waals surface area contributed by atoms with E-state index in [4.69, 9.17) is 23.2 Å². The third-order valence-electron chi connectivity index (χ3n) is 4.91. The predicted octanol–water partition coefficient (Wildman–Crippen LogP) is 5.65. The van der Waals surface area contributed by atoms with Crippen molar-refractivity contribution in [1.82, 2.24) is 15.1 Å². The molecule has 6 heteroatoms. The molecular weight excluding hydrogens is 381 g/mol. The molecule has 1 aliphatic heterocycles. The lowest BCUT2D eigenvalue weighted by Gasteiger charge is -2.26. The van der Waals surface area contributed by atoms with Crippen LogP contribution in [0.1, 0.15) is 46.6 Å². The molecule has 0 bridgehead atoms. The number of aryl methyl sites for hydroxylation is 1. The standard InChI is InChI=1S/C21H19Cl2N3O/c1-3-10-26-20(14-8-9-15(22)16(23)11-14)17-18(24-25-19(17)21(26)27)13-6-4-12(2)5-7-13/h4-9,11,20H,3,10H2,1-2H3,(H,24,25). The average molecular weight is 400 g/mol. The van der Waals surface area contributed by atoms with E-state index in [1.54, 1.807) is 6.07 Å². The number of nitrogens with one attached hydrogen (secondary N) is 1. The molecule has 0 saturated heterocycles. The highest BCUT2D eigenvalue weighted by molar-refractivity contribution is 6.42. The van der Waals surface area contributed by atoms with E-state index in [1.807, 2.05) is 48.2 Å². The summed E-state index contributed by atoms with van der Waals surface area (Å²) in [4.78, 5) is 14.9. The fraction of sp³-hybridized carbons (Fsp3) is 0.238. The maximum atomic E-state index is 13.0. The number of carbonyl (C=O) groups excluding carboxylic acids is 1. The Bertz CT molecular complexity index is 1010. The molecule has 2 aromatic carbocycles. The van der Waals surface area contributed by atoms with Gasteiger partial charge in [-0.05, 0) is 31.0 Å². The molecule has 1 aliphatic rings. The van der Waals surface area contributed by atoms with E-state index in [-0.39, 0.29) is 11.9 Å². The van der Waals surface area contributed by atoms with Gasteiger partial charge in [-0.1, -0.05) is 66.0 Å². The first-order valence-electron chi connectivity index (χ1n) is 8.92. The van der Waals surface area contributed by atoms with Gasteiger partial charge in [0, 0.05) is 17.7 Å². The first kappa shape index (κ1) is 18.1. The smallest absolute Gasteiger partial charge is 0.273 e. The Morgan fingerprint density at radius 3 is 2.52 bits per heavy atom. The summed E-state index contributed by atoms with van der Waals surface area (Å²) in [6, 6.07) is 13.5. The molecule has 0 fully saturated rings. The van der Waals surface area contributed by atoms with Gasteiger partial charge in [-0.3, -0.25) is 9.89 Å². The molecular formula is C21H19Cl2N3O. The zero-order valence-corrected chi connectivity index (χ0v) is 16.6. The lowest BCUT2D eigenvalue weighted by atomic mass is 9.95. The summed E-state index contributed by atoms with van der Waals surface area (Å²) >= 11 is 12.4. The van der Waals surface area contributed by atoms with Crippen molar-refractivity contribution in [3.8, 4) is 11.3 Å². The number of amides is 1. The van der Waals surface area contributed by atoms with Crippen molar-refractivity contribution in [3.63, 3.8) is 0 Å². The van der Waals surface area contributed by atoms with Crippen LogP contribution >= 0.6 is 23.2 Å². The van der Waals surface area contributed by atoms with Gasteiger partial charge in [0.2, 0.25) is 0 Å². The normalized spacial score (nSPS) is 16.1. The Morgan fingerprint density at radius 2 is 1.85 bits per heavy atom. The summed E-state index contributed by atoms with van der Waals surface area (Å²) in [6.45, 7) is 4.76. The number of rotatable bonds is 4. The van der Waals surface area contributed by atoms with Crippen molar-refractivity contribution in [2.45, 2.75) is 26.3 Å². The van der Waals surface area contributed by atoms with E-state index in [0.717, 1.165) is 28.8 Å². The minimum absolute atomic E-state index is 0.0335. The summed E-state index contributed by atoms with van der Waals surface area (Å²) in [6.07, 6.45) is 0.862. The molecule has 1 atom stereocenters. The highest BCUT2D eigenvalue weighted by atomic mass is 35.5. The van der Waals surface area contributed by atoms with Crippen LogP contribution in [0.4, 0.5) is 0 Å². The fourth-order valence-corrected chi connectivity index (χ4v) is 3.94. The fourth-order valence-electron chi connectivity index (χ4n) is 3.63. The van der Waals surface area contributed by atoms with Gasteiger partial charge in [0.05, 0.1) is 21.8 Å². The van der Waals surface area contributed by atoms with Gasteiger partial charge in [0.1, 0.15) is 5.69 Å². The van der Waals surface area contributed by atoms with Gasteiger partial charge >= 0.3 is 0 Å². The first-order chi connectivity index (χ1) is 13.0. The second-order valence-electron chi connectivity index (χ2n) is 6.80. The van der Waals surface area contributed by atoms with E-state index >= 15 is 0 Å². The zero-order chi connectivity index (χ0) is 19.1. The number of fused-ring (bicyclic) bond motifs is 1. The molecule has 3 aromatic rings. The third kappa shape index (κ3) is 3.03. The summed E-state index contributed by atoms with van der Waals surface area (Å²) < 4.78 is 0. The molecule has 1 N–H and O–H groups in total. The van der Waals surface area contributed by atoms with Crippen LogP contribution in [-0.2, 0) is 0 Å². The lowest BCUT2D eigenvalue weighted by molar-refractivity contribution is 0.0744. The number of nitrogens with zero attached hydrogens (tertiary/aromatic N) is 2. The Labute approximate surface area is 168 Å². The van der Waals surface area contributed by atoms with Crippen LogP contribution in [0, 0.1) is 6.92 Å². The number of halogens is 2. The van der Waals surface area contributed by atoms with Gasteiger partial charge in [0.25, 0.3) is 5.91 Å². The van der Waals surface area contributed by atoms with E-state index in [9.17, 15) is 4.79 Å². The topological polar surface area (TPSA) is 49.0 Å². The average Bonchev–Trinajstić information content (AvgIpc) is 3.19. The molecule has 0 saturated carbocycles. The number of aromatic nitrogens is 2. The lowest BCUT2D eigenvalue weighted by Crippen LogP contribution is -2.30. The Hall–Kier alpha value is -2.30. The molecule has 0 aliphatic carbocycles. The van der Waals surface area contributed by atoms with Crippen LogP contribution < -0.4 is 0 Å². The Morgan fingerprint density at radius 1 is 1.11 bits per heavy atom. The highest BCUT2D eigenvalue weighted by Gasteiger charge is 2.41. The summed E-state index contributed by atoms with van der Waals surface area (Å²) in [7, 11) is 0. The van der Waals surface area contributed by atoms with Crippen LogP contribution in [0.5, 0.6) is 0 Å². The first-order valence-corrected chi connectivity index (χ1v) is 9.68. The van der Waals surface area contributed by atoms with Crippen LogP contribution in [-0.4, -0.2) is 27.5 Å². The molecule has 1 aromatic heterocycles. The van der Waals surface area contributed by atoms with Crippen molar-refractivity contribution >= 4 is 29.1 Å². The predicted molar refractivity (Wildman–Crippen MR) is 108 cm³/mol. The van der Waals surface area contributed by atoms with Crippen LogP contribution in [0.25, 0.3) is 11.3 Å². The van der Waals surface area contributed by atoms with Crippen molar-refractivity contribution in [3.05, 3.63) is 74.9 Å². The maximum absolute atomic E-state index is 13.0. The monoisotopic (exact) mass is 399 g/mol. The molecule has 0 spiro atoms. The molecule has 4 nitrogen and oxygen atoms in total. The minimum Gasteiger partial charge on any atom is -0.326 e. The molecule has 138 valence electrons. The number of H-pyrrole nitrogens is 1. The Kier molecular flexibility index (Phi) is 4.70. The van der Waals surface area contributed by atoms with Crippen molar-refractivity contribution < 1.29 is 4.79 Å². The second-order valence-corrected chi connectivity index (χ2v) is 7.62. The van der Waals surface area contributed by atoms with Crippen molar-refractivity contribution in [2.24, 2.45) is 0 Å². The summed E-state index contributed by atoms with van der Waals surface area (Å²) in [5, 5.41) is 8.41. The minimum atomic E-state index is -0.239. The van der Waals surface area contributed by atoms with E-state index in [2.05, 4.69) is 17.1 Å². The number of benzene rings is 2. The second kappa shape index (κ2) is 7.02. The third-order valence-corrected chi connectivity index (χ3v) is 5.65.